The van der Waals surface area contributed by atoms with Crippen LogP contribution in [0.1, 0.15) is 43.7 Å². The van der Waals surface area contributed by atoms with Gasteiger partial charge in [-0.1, -0.05) is 26.7 Å². The van der Waals surface area contributed by atoms with Crippen molar-refractivity contribution < 1.29 is 14.0 Å². The Morgan fingerprint density at radius 2 is 2.15 bits per heavy atom. The van der Waals surface area contributed by atoms with E-state index in [1.807, 2.05) is 0 Å². The molecule has 3 atom stereocenters. The smallest absolute Gasteiger partial charge is 0.287 e. The van der Waals surface area contributed by atoms with Crippen LogP contribution in [-0.4, -0.2) is 24.4 Å². The molecule has 0 saturated heterocycles. The summed E-state index contributed by atoms with van der Waals surface area (Å²) in [7, 11) is 0. The third kappa shape index (κ3) is 3.62. The topological polar surface area (TPSA) is 71.3 Å². The maximum Gasteiger partial charge on any atom is 0.287 e. The van der Waals surface area contributed by atoms with E-state index in [0.717, 1.165) is 12.8 Å². The van der Waals surface area contributed by atoms with Gasteiger partial charge in [-0.15, -0.1) is 0 Å². The number of amides is 2. The van der Waals surface area contributed by atoms with Gasteiger partial charge in [0.15, 0.2) is 5.76 Å². The Morgan fingerprint density at radius 1 is 1.35 bits per heavy atom. The second-order valence-corrected chi connectivity index (χ2v) is 5.60. The van der Waals surface area contributed by atoms with Crippen LogP contribution in [0.25, 0.3) is 0 Å². The van der Waals surface area contributed by atoms with Crippen LogP contribution in [0.3, 0.4) is 0 Å². The van der Waals surface area contributed by atoms with Gasteiger partial charge in [-0.05, 0) is 30.4 Å². The van der Waals surface area contributed by atoms with Gasteiger partial charge < -0.3 is 15.1 Å². The van der Waals surface area contributed by atoms with E-state index in [4.69, 9.17) is 4.42 Å². The van der Waals surface area contributed by atoms with E-state index in [0.29, 0.717) is 11.8 Å². The standard InChI is InChI=1S/C15H22N2O3/c1-10-5-3-6-12(11(10)2)17-14(18)9-16-15(19)13-7-4-8-20-13/h4,7-8,10-12H,3,5-6,9H2,1-2H3,(H,16,19)(H,17,18)/t10-,11+,12-/m0/s1. The van der Waals surface area contributed by atoms with Crippen molar-refractivity contribution in [3.63, 3.8) is 0 Å². The molecule has 1 fully saturated rings. The Morgan fingerprint density at radius 3 is 2.85 bits per heavy atom. The molecule has 2 rings (SSSR count). The molecule has 0 bridgehead atoms. The first-order chi connectivity index (χ1) is 9.58. The molecule has 5 heteroatoms. The minimum absolute atomic E-state index is 0.0167. The van der Waals surface area contributed by atoms with Crippen molar-refractivity contribution in [1.29, 1.82) is 0 Å². The third-order valence-corrected chi connectivity index (χ3v) is 4.21. The summed E-state index contributed by atoms with van der Waals surface area (Å²) in [5.41, 5.74) is 0. The molecule has 0 radical (unpaired) electrons. The molecule has 1 aromatic rings. The Kier molecular flexibility index (Phi) is 4.82. The highest BCUT2D eigenvalue weighted by molar-refractivity contribution is 5.94. The zero-order chi connectivity index (χ0) is 14.5. The molecule has 110 valence electrons. The summed E-state index contributed by atoms with van der Waals surface area (Å²) in [6.07, 6.45) is 4.82. The lowest BCUT2D eigenvalue weighted by Gasteiger charge is -2.34. The minimum Gasteiger partial charge on any atom is -0.459 e. The fourth-order valence-electron chi connectivity index (χ4n) is 2.70. The average molecular weight is 278 g/mol. The number of rotatable bonds is 4. The Labute approximate surface area is 119 Å². The minimum atomic E-state index is -0.366. The highest BCUT2D eigenvalue weighted by atomic mass is 16.3. The SMILES string of the molecule is C[C@H]1[C@@H](NC(=O)CNC(=O)c2ccco2)CCC[C@@H]1C. The van der Waals surface area contributed by atoms with Crippen molar-refractivity contribution in [1.82, 2.24) is 10.6 Å². The maximum absolute atomic E-state index is 11.9. The van der Waals surface area contributed by atoms with Gasteiger partial charge in [0.2, 0.25) is 5.91 Å². The highest BCUT2D eigenvalue weighted by Gasteiger charge is 2.28. The molecule has 1 heterocycles. The lowest BCUT2D eigenvalue weighted by molar-refractivity contribution is -0.121. The number of hydrogen-bond donors (Lipinski definition) is 2. The second kappa shape index (κ2) is 6.59. The van der Waals surface area contributed by atoms with Crippen LogP contribution in [0, 0.1) is 11.8 Å². The lowest BCUT2D eigenvalue weighted by atomic mass is 9.78. The molecule has 2 N–H and O–H groups in total. The Balaban J connectivity index is 1.76. The average Bonchev–Trinajstić information content (AvgIpc) is 2.95. The molecule has 1 aromatic heterocycles. The van der Waals surface area contributed by atoms with E-state index in [2.05, 4.69) is 24.5 Å². The van der Waals surface area contributed by atoms with Crippen molar-refractivity contribution in [2.75, 3.05) is 6.54 Å². The molecule has 0 aliphatic heterocycles. The molecular weight excluding hydrogens is 256 g/mol. The summed E-state index contributed by atoms with van der Waals surface area (Å²) in [5.74, 6) is 0.823. The van der Waals surface area contributed by atoms with Gasteiger partial charge in [0.25, 0.3) is 5.91 Å². The zero-order valence-corrected chi connectivity index (χ0v) is 12.0. The van der Waals surface area contributed by atoms with Crippen molar-refractivity contribution in [3.05, 3.63) is 24.2 Å². The van der Waals surface area contributed by atoms with Gasteiger partial charge in [0, 0.05) is 6.04 Å². The molecule has 1 saturated carbocycles. The van der Waals surface area contributed by atoms with Gasteiger partial charge in [0.05, 0.1) is 12.8 Å². The van der Waals surface area contributed by atoms with Crippen molar-refractivity contribution in [3.8, 4) is 0 Å². The molecule has 1 aliphatic carbocycles. The molecule has 0 aromatic carbocycles. The van der Waals surface area contributed by atoms with Gasteiger partial charge in [-0.3, -0.25) is 9.59 Å². The van der Waals surface area contributed by atoms with Crippen LogP contribution < -0.4 is 10.6 Å². The lowest BCUT2D eigenvalue weighted by Crippen LogP contribution is -2.47. The Bertz CT molecular complexity index is 456. The molecule has 20 heavy (non-hydrogen) atoms. The fourth-order valence-corrected chi connectivity index (χ4v) is 2.70. The third-order valence-electron chi connectivity index (χ3n) is 4.21. The first-order valence-electron chi connectivity index (χ1n) is 7.19. The maximum atomic E-state index is 11.9. The van der Waals surface area contributed by atoms with Gasteiger partial charge in [-0.25, -0.2) is 0 Å². The zero-order valence-electron chi connectivity index (χ0n) is 12.0. The normalized spacial score (nSPS) is 26.0. The van der Waals surface area contributed by atoms with Crippen LogP contribution in [0.4, 0.5) is 0 Å². The van der Waals surface area contributed by atoms with Gasteiger partial charge in [0.1, 0.15) is 0 Å². The number of carbonyl (C=O) groups excluding carboxylic acids is 2. The summed E-state index contributed by atoms with van der Waals surface area (Å²) in [6, 6.07) is 3.42. The molecule has 5 nitrogen and oxygen atoms in total. The molecular formula is C15H22N2O3. The van der Waals surface area contributed by atoms with Crippen molar-refractivity contribution in [2.24, 2.45) is 11.8 Å². The molecule has 0 spiro atoms. The highest BCUT2D eigenvalue weighted by Crippen LogP contribution is 2.29. The summed E-state index contributed by atoms with van der Waals surface area (Å²) in [5, 5.41) is 5.57. The number of carbonyl (C=O) groups is 2. The number of hydrogen-bond acceptors (Lipinski definition) is 3. The van der Waals surface area contributed by atoms with Gasteiger partial charge in [-0.2, -0.15) is 0 Å². The molecule has 1 aliphatic rings. The van der Waals surface area contributed by atoms with E-state index in [-0.39, 0.29) is 30.2 Å². The van der Waals surface area contributed by atoms with Crippen LogP contribution in [0.5, 0.6) is 0 Å². The quantitative estimate of drug-likeness (QED) is 0.884. The van der Waals surface area contributed by atoms with E-state index >= 15 is 0 Å². The van der Waals surface area contributed by atoms with E-state index in [9.17, 15) is 9.59 Å². The van der Waals surface area contributed by atoms with E-state index in [1.54, 1.807) is 12.1 Å². The van der Waals surface area contributed by atoms with Crippen LogP contribution in [-0.2, 0) is 4.79 Å². The second-order valence-electron chi connectivity index (χ2n) is 5.60. The van der Waals surface area contributed by atoms with Crippen LogP contribution >= 0.6 is 0 Å². The number of nitrogens with one attached hydrogen (secondary N) is 2. The van der Waals surface area contributed by atoms with Crippen LogP contribution in [0.2, 0.25) is 0 Å². The fraction of sp³-hybridized carbons (Fsp3) is 0.600. The van der Waals surface area contributed by atoms with E-state index < -0.39 is 0 Å². The van der Waals surface area contributed by atoms with Crippen LogP contribution in [0.15, 0.2) is 22.8 Å². The predicted molar refractivity (Wildman–Crippen MR) is 75.2 cm³/mol. The van der Waals surface area contributed by atoms with E-state index in [1.165, 1.54) is 12.7 Å². The number of furan rings is 1. The first kappa shape index (κ1) is 14.6. The summed E-state index contributed by atoms with van der Waals surface area (Å²) in [4.78, 5) is 23.5. The first-order valence-corrected chi connectivity index (χ1v) is 7.19. The van der Waals surface area contributed by atoms with Gasteiger partial charge >= 0.3 is 0 Å². The van der Waals surface area contributed by atoms with Crippen molar-refractivity contribution >= 4 is 11.8 Å². The largest absolute Gasteiger partial charge is 0.459 e. The molecule has 0 unspecified atom stereocenters. The van der Waals surface area contributed by atoms with Crippen molar-refractivity contribution in [2.45, 2.75) is 39.2 Å². The predicted octanol–water partition coefficient (Wildman–Crippen LogP) is 1.95. The molecule has 2 amide bonds. The monoisotopic (exact) mass is 278 g/mol. The summed E-state index contributed by atoms with van der Waals surface area (Å²) in [6.45, 7) is 4.38. The summed E-state index contributed by atoms with van der Waals surface area (Å²) >= 11 is 0. The Hall–Kier alpha value is -1.78. The summed E-state index contributed by atoms with van der Waals surface area (Å²) < 4.78 is 4.96.